The number of amides is 2. The van der Waals surface area contributed by atoms with Gasteiger partial charge >= 0.3 is 0 Å². The molecule has 2 N–H and O–H groups in total. The van der Waals surface area contributed by atoms with Crippen molar-refractivity contribution in [1.29, 1.82) is 0 Å². The summed E-state index contributed by atoms with van der Waals surface area (Å²) in [5, 5.41) is 5.85. The Hall–Kier alpha value is -1.32. The first kappa shape index (κ1) is 15.7. The Morgan fingerprint density at radius 3 is 2.21 bits per heavy atom. The lowest BCUT2D eigenvalue weighted by Gasteiger charge is -2.27. The van der Waals surface area contributed by atoms with Crippen LogP contribution in [0.5, 0.6) is 0 Å². The SMILES string of the molecule is C=CCNC(=O)C1CCC(C(=O)NC(C)CC)CC1. The van der Waals surface area contributed by atoms with E-state index < -0.39 is 0 Å². The van der Waals surface area contributed by atoms with E-state index in [4.69, 9.17) is 0 Å². The van der Waals surface area contributed by atoms with Crippen LogP contribution in [-0.4, -0.2) is 24.4 Å². The zero-order chi connectivity index (χ0) is 14.3. The van der Waals surface area contributed by atoms with Crippen molar-refractivity contribution in [2.75, 3.05) is 6.54 Å². The van der Waals surface area contributed by atoms with E-state index in [-0.39, 0.29) is 29.7 Å². The van der Waals surface area contributed by atoms with Crippen LogP contribution in [-0.2, 0) is 9.59 Å². The van der Waals surface area contributed by atoms with Gasteiger partial charge in [-0.05, 0) is 39.0 Å². The number of rotatable bonds is 6. The molecule has 0 saturated heterocycles. The van der Waals surface area contributed by atoms with Crippen LogP contribution in [0.1, 0.15) is 46.0 Å². The van der Waals surface area contributed by atoms with Crippen LogP contribution in [0.25, 0.3) is 0 Å². The maximum atomic E-state index is 12.0. The second kappa shape index (κ2) is 7.97. The molecule has 1 saturated carbocycles. The van der Waals surface area contributed by atoms with Crippen LogP contribution in [0.15, 0.2) is 12.7 Å². The summed E-state index contributed by atoms with van der Waals surface area (Å²) in [6.07, 6.45) is 5.88. The van der Waals surface area contributed by atoms with Crippen LogP contribution in [0.2, 0.25) is 0 Å². The second-order valence-corrected chi connectivity index (χ2v) is 5.40. The molecule has 1 aliphatic rings. The van der Waals surface area contributed by atoms with Gasteiger partial charge in [-0.2, -0.15) is 0 Å². The maximum Gasteiger partial charge on any atom is 0.223 e. The van der Waals surface area contributed by atoms with Crippen molar-refractivity contribution in [3.05, 3.63) is 12.7 Å². The van der Waals surface area contributed by atoms with Gasteiger partial charge in [0.15, 0.2) is 0 Å². The van der Waals surface area contributed by atoms with Gasteiger partial charge in [-0.3, -0.25) is 9.59 Å². The first-order valence-corrected chi connectivity index (χ1v) is 7.27. The minimum absolute atomic E-state index is 0.0626. The average molecular weight is 266 g/mol. The molecule has 0 aromatic heterocycles. The molecular formula is C15H26N2O2. The summed E-state index contributed by atoms with van der Waals surface area (Å²) in [6.45, 7) is 8.18. The molecule has 19 heavy (non-hydrogen) atoms. The number of hydrogen-bond acceptors (Lipinski definition) is 2. The van der Waals surface area contributed by atoms with Crippen LogP contribution in [0, 0.1) is 11.8 Å². The van der Waals surface area contributed by atoms with Gasteiger partial charge in [0.25, 0.3) is 0 Å². The van der Waals surface area contributed by atoms with Crippen molar-refractivity contribution in [3.63, 3.8) is 0 Å². The van der Waals surface area contributed by atoms with Gasteiger partial charge in [0, 0.05) is 24.4 Å². The van der Waals surface area contributed by atoms with Crippen LogP contribution < -0.4 is 10.6 Å². The number of nitrogens with one attached hydrogen (secondary N) is 2. The van der Waals surface area contributed by atoms with Crippen molar-refractivity contribution in [1.82, 2.24) is 10.6 Å². The molecule has 0 radical (unpaired) electrons. The highest BCUT2D eigenvalue weighted by Crippen LogP contribution is 2.29. The molecule has 0 bridgehead atoms. The fourth-order valence-electron chi connectivity index (χ4n) is 2.40. The van der Waals surface area contributed by atoms with Crippen LogP contribution in [0.3, 0.4) is 0 Å². The maximum absolute atomic E-state index is 12.0. The molecule has 4 nitrogen and oxygen atoms in total. The van der Waals surface area contributed by atoms with Crippen molar-refractivity contribution in [2.24, 2.45) is 11.8 Å². The molecule has 4 heteroatoms. The monoisotopic (exact) mass is 266 g/mol. The van der Waals surface area contributed by atoms with Gasteiger partial charge in [-0.25, -0.2) is 0 Å². The predicted molar refractivity (Wildman–Crippen MR) is 76.6 cm³/mol. The summed E-state index contributed by atoms with van der Waals surface area (Å²) < 4.78 is 0. The summed E-state index contributed by atoms with van der Waals surface area (Å²) in [5.41, 5.74) is 0. The fourth-order valence-corrected chi connectivity index (χ4v) is 2.40. The Morgan fingerprint density at radius 1 is 1.21 bits per heavy atom. The number of carbonyl (C=O) groups excluding carboxylic acids is 2. The standard InChI is InChI=1S/C15H26N2O2/c1-4-10-16-14(18)12-6-8-13(9-7-12)15(19)17-11(3)5-2/h4,11-13H,1,5-10H2,2-3H3,(H,16,18)(H,17,19). The summed E-state index contributed by atoms with van der Waals surface area (Å²) in [5.74, 6) is 0.394. The van der Waals surface area contributed by atoms with Gasteiger partial charge in [-0.1, -0.05) is 13.0 Å². The van der Waals surface area contributed by atoms with E-state index in [0.717, 1.165) is 32.1 Å². The lowest BCUT2D eigenvalue weighted by Crippen LogP contribution is -2.40. The molecule has 1 atom stereocenters. The molecule has 1 aliphatic carbocycles. The van der Waals surface area contributed by atoms with E-state index in [2.05, 4.69) is 24.1 Å². The van der Waals surface area contributed by atoms with E-state index in [9.17, 15) is 9.59 Å². The zero-order valence-electron chi connectivity index (χ0n) is 12.1. The summed E-state index contributed by atoms with van der Waals surface area (Å²) in [7, 11) is 0. The molecule has 2 amide bonds. The average Bonchev–Trinajstić information content (AvgIpc) is 2.44. The molecular weight excluding hydrogens is 240 g/mol. The smallest absolute Gasteiger partial charge is 0.223 e. The molecule has 1 unspecified atom stereocenters. The van der Waals surface area contributed by atoms with E-state index >= 15 is 0 Å². The Kier molecular flexibility index (Phi) is 6.60. The number of hydrogen-bond donors (Lipinski definition) is 2. The third kappa shape index (κ3) is 5.05. The topological polar surface area (TPSA) is 58.2 Å². The molecule has 1 fully saturated rings. The molecule has 0 aromatic rings. The summed E-state index contributed by atoms with van der Waals surface area (Å²) >= 11 is 0. The molecule has 108 valence electrons. The van der Waals surface area contributed by atoms with E-state index in [0.29, 0.717) is 6.54 Å². The Morgan fingerprint density at radius 2 is 1.74 bits per heavy atom. The zero-order valence-corrected chi connectivity index (χ0v) is 12.1. The lowest BCUT2D eigenvalue weighted by molar-refractivity contribution is -0.130. The predicted octanol–water partition coefficient (Wildman–Crippen LogP) is 2.01. The Balaban J connectivity index is 2.34. The van der Waals surface area contributed by atoms with E-state index in [1.54, 1.807) is 6.08 Å². The lowest BCUT2D eigenvalue weighted by atomic mass is 9.81. The van der Waals surface area contributed by atoms with E-state index in [1.165, 1.54) is 0 Å². The van der Waals surface area contributed by atoms with Crippen molar-refractivity contribution >= 4 is 11.8 Å². The summed E-state index contributed by atoms with van der Waals surface area (Å²) in [6, 6.07) is 0.237. The fraction of sp³-hybridized carbons (Fsp3) is 0.733. The Bertz CT molecular complexity index is 320. The first-order valence-electron chi connectivity index (χ1n) is 7.27. The molecule has 1 rings (SSSR count). The van der Waals surface area contributed by atoms with Crippen molar-refractivity contribution in [3.8, 4) is 0 Å². The summed E-state index contributed by atoms with van der Waals surface area (Å²) in [4.78, 5) is 23.8. The normalized spacial score (nSPS) is 24.3. The van der Waals surface area contributed by atoms with Crippen molar-refractivity contribution in [2.45, 2.75) is 52.0 Å². The molecule has 0 spiro atoms. The third-order valence-electron chi connectivity index (χ3n) is 3.89. The second-order valence-electron chi connectivity index (χ2n) is 5.40. The number of carbonyl (C=O) groups is 2. The highest BCUT2D eigenvalue weighted by Gasteiger charge is 2.29. The molecule has 0 aromatic carbocycles. The van der Waals surface area contributed by atoms with E-state index in [1.807, 2.05) is 6.92 Å². The quantitative estimate of drug-likeness (QED) is 0.723. The van der Waals surface area contributed by atoms with Gasteiger partial charge in [0.05, 0.1) is 0 Å². The Labute approximate surface area is 116 Å². The van der Waals surface area contributed by atoms with Gasteiger partial charge < -0.3 is 10.6 Å². The third-order valence-corrected chi connectivity index (χ3v) is 3.89. The van der Waals surface area contributed by atoms with Gasteiger partial charge in [-0.15, -0.1) is 6.58 Å². The van der Waals surface area contributed by atoms with Crippen LogP contribution >= 0.6 is 0 Å². The van der Waals surface area contributed by atoms with Crippen molar-refractivity contribution < 1.29 is 9.59 Å². The highest BCUT2D eigenvalue weighted by molar-refractivity contribution is 5.81. The van der Waals surface area contributed by atoms with Crippen LogP contribution in [0.4, 0.5) is 0 Å². The first-order chi connectivity index (χ1) is 9.08. The molecule has 0 heterocycles. The largest absolute Gasteiger partial charge is 0.353 e. The minimum Gasteiger partial charge on any atom is -0.353 e. The minimum atomic E-state index is 0.0626. The highest BCUT2D eigenvalue weighted by atomic mass is 16.2. The van der Waals surface area contributed by atoms with Gasteiger partial charge in [0.2, 0.25) is 11.8 Å². The molecule has 0 aliphatic heterocycles. The van der Waals surface area contributed by atoms with Gasteiger partial charge in [0.1, 0.15) is 0 Å².